The lowest BCUT2D eigenvalue weighted by Crippen LogP contribution is -2.39. The van der Waals surface area contributed by atoms with Gasteiger partial charge < -0.3 is 10.1 Å². The van der Waals surface area contributed by atoms with Crippen LogP contribution in [0.4, 0.5) is 10.2 Å². The normalized spacial score (nSPS) is 17.9. The van der Waals surface area contributed by atoms with E-state index in [0.29, 0.717) is 29.5 Å². The molecule has 2 aliphatic rings. The van der Waals surface area contributed by atoms with Crippen LogP contribution >= 0.6 is 0 Å². The molecule has 8 nitrogen and oxygen atoms in total. The van der Waals surface area contributed by atoms with Gasteiger partial charge in [0.1, 0.15) is 18.2 Å². The van der Waals surface area contributed by atoms with Crippen LogP contribution in [0.3, 0.4) is 0 Å². The summed E-state index contributed by atoms with van der Waals surface area (Å²) in [5, 5.41) is 12.3. The van der Waals surface area contributed by atoms with Gasteiger partial charge in [-0.05, 0) is 48.6 Å². The van der Waals surface area contributed by atoms with Crippen molar-refractivity contribution in [2.24, 2.45) is 0 Å². The Kier molecular flexibility index (Phi) is 6.79. The second-order valence-electron chi connectivity index (χ2n) is 9.35. The van der Waals surface area contributed by atoms with Crippen LogP contribution in [-0.4, -0.2) is 27.9 Å². The zero-order valence-electron chi connectivity index (χ0n) is 19.7. The average Bonchev–Trinajstić information content (AvgIpc) is 3.25. The van der Waals surface area contributed by atoms with Crippen LogP contribution in [0.2, 0.25) is 0 Å². The van der Waals surface area contributed by atoms with E-state index in [-0.39, 0.29) is 36.8 Å². The number of aromatic nitrogens is 2. The number of ether oxygens (including phenoxy) is 1. The molecule has 36 heavy (non-hydrogen) atoms. The van der Waals surface area contributed by atoms with Gasteiger partial charge in [0.05, 0.1) is 12.3 Å². The summed E-state index contributed by atoms with van der Waals surface area (Å²) in [5.41, 5.74) is 2.80. The number of hydrogen-bond acceptors (Lipinski definition) is 5. The van der Waals surface area contributed by atoms with Crippen LogP contribution in [0.15, 0.2) is 48.5 Å². The summed E-state index contributed by atoms with van der Waals surface area (Å²) in [6, 6.07) is 13.7. The van der Waals surface area contributed by atoms with Gasteiger partial charge in [-0.3, -0.25) is 24.8 Å². The fourth-order valence-electron chi connectivity index (χ4n) is 4.50. The molecule has 1 unspecified atom stereocenters. The van der Waals surface area contributed by atoms with Crippen LogP contribution in [0.1, 0.15) is 66.3 Å². The van der Waals surface area contributed by atoms with Crippen molar-refractivity contribution in [3.8, 4) is 5.75 Å². The first-order valence-electron chi connectivity index (χ1n) is 12.1. The summed E-state index contributed by atoms with van der Waals surface area (Å²) in [4.78, 5) is 35.7. The minimum Gasteiger partial charge on any atom is -0.489 e. The first-order chi connectivity index (χ1) is 17.4. The van der Waals surface area contributed by atoms with Crippen molar-refractivity contribution in [3.63, 3.8) is 0 Å². The Labute approximate surface area is 207 Å². The maximum absolute atomic E-state index is 14.7. The quantitative estimate of drug-likeness (QED) is 0.412. The Bertz CT molecular complexity index is 1280. The van der Waals surface area contributed by atoms with E-state index in [4.69, 9.17) is 4.74 Å². The highest BCUT2D eigenvalue weighted by molar-refractivity contribution is 6.01. The summed E-state index contributed by atoms with van der Waals surface area (Å²) in [7, 11) is 0. The van der Waals surface area contributed by atoms with Gasteiger partial charge >= 0.3 is 0 Å². The van der Waals surface area contributed by atoms with Gasteiger partial charge in [0.15, 0.2) is 5.82 Å². The van der Waals surface area contributed by atoms with Gasteiger partial charge in [-0.1, -0.05) is 30.7 Å². The molecule has 2 heterocycles. The summed E-state index contributed by atoms with van der Waals surface area (Å²) in [6.07, 6.45) is 4.25. The molecule has 5 rings (SSSR count). The second kappa shape index (κ2) is 10.3. The molecule has 2 aromatic carbocycles. The van der Waals surface area contributed by atoms with E-state index in [1.165, 1.54) is 12.5 Å². The van der Waals surface area contributed by atoms with Crippen molar-refractivity contribution in [1.82, 2.24) is 15.5 Å². The van der Waals surface area contributed by atoms with E-state index in [1.807, 2.05) is 18.2 Å². The SMILES string of the molecule is O=C1CCC(c2ccc(COc3ccc(CC(=O)Nc4cc(C5CCC5)[nH]n4)cc3)cc2F)C(=O)N1. The molecule has 1 aliphatic heterocycles. The number of hydrogen-bond donors (Lipinski definition) is 3. The number of nitrogens with one attached hydrogen (secondary N) is 3. The third-order valence-electron chi connectivity index (χ3n) is 6.78. The predicted octanol–water partition coefficient (Wildman–Crippen LogP) is 4.10. The Morgan fingerprint density at radius 1 is 1.06 bits per heavy atom. The molecule has 0 spiro atoms. The Morgan fingerprint density at radius 2 is 1.83 bits per heavy atom. The molecule has 1 saturated carbocycles. The Morgan fingerprint density at radius 3 is 2.53 bits per heavy atom. The fourth-order valence-corrected chi connectivity index (χ4v) is 4.50. The topological polar surface area (TPSA) is 113 Å². The molecular weight excluding hydrogens is 463 g/mol. The molecule has 9 heteroatoms. The maximum Gasteiger partial charge on any atom is 0.234 e. The first kappa shape index (κ1) is 23.7. The highest BCUT2D eigenvalue weighted by Gasteiger charge is 2.30. The number of aromatic amines is 1. The monoisotopic (exact) mass is 490 g/mol. The van der Waals surface area contributed by atoms with Gasteiger partial charge in [0.25, 0.3) is 0 Å². The number of anilines is 1. The third kappa shape index (κ3) is 5.45. The molecule has 1 saturated heterocycles. The van der Waals surface area contributed by atoms with E-state index in [2.05, 4.69) is 20.8 Å². The lowest BCUT2D eigenvalue weighted by molar-refractivity contribution is -0.134. The summed E-state index contributed by atoms with van der Waals surface area (Å²) in [5.74, 6) is -0.459. The first-order valence-corrected chi connectivity index (χ1v) is 12.1. The molecular formula is C27H27FN4O4. The number of nitrogens with zero attached hydrogens (tertiary/aromatic N) is 1. The van der Waals surface area contributed by atoms with Gasteiger partial charge in [-0.15, -0.1) is 0 Å². The third-order valence-corrected chi connectivity index (χ3v) is 6.78. The van der Waals surface area contributed by atoms with E-state index in [0.717, 1.165) is 24.1 Å². The largest absolute Gasteiger partial charge is 0.489 e. The van der Waals surface area contributed by atoms with E-state index in [9.17, 15) is 18.8 Å². The van der Waals surface area contributed by atoms with Crippen LogP contribution in [0, 0.1) is 5.82 Å². The predicted molar refractivity (Wildman–Crippen MR) is 130 cm³/mol. The molecule has 1 aliphatic carbocycles. The van der Waals surface area contributed by atoms with Crippen LogP contribution in [0.5, 0.6) is 5.75 Å². The lowest BCUT2D eigenvalue weighted by Gasteiger charge is -2.23. The molecule has 1 aromatic heterocycles. The minimum atomic E-state index is -0.666. The molecule has 2 fully saturated rings. The average molecular weight is 491 g/mol. The maximum atomic E-state index is 14.7. The fraction of sp³-hybridized carbons (Fsp3) is 0.333. The van der Waals surface area contributed by atoms with Crippen molar-refractivity contribution in [2.75, 3.05) is 5.32 Å². The van der Waals surface area contributed by atoms with Crippen molar-refractivity contribution in [2.45, 2.75) is 57.0 Å². The zero-order valence-corrected chi connectivity index (χ0v) is 19.7. The van der Waals surface area contributed by atoms with Gasteiger partial charge in [0, 0.05) is 29.7 Å². The summed E-state index contributed by atoms with van der Waals surface area (Å²) in [6.45, 7) is 0.148. The van der Waals surface area contributed by atoms with Crippen LogP contribution < -0.4 is 15.4 Å². The lowest BCUT2D eigenvalue weighted by atomic mass is 9.83. The molecule has 186 valence electrons. The minimum absolute atomic E-state index is 0.148. The van der Waals surface area contributed by atoms with E-state index < -0.39 is 17.6 Å². The number of halogens is 1. The number of amides is 3. The van der Waals surface area contributed by atoms with Crippen molar-refractivity contribution >= 4 is 23.5 Å². The Hall–Kier alpha value is -4.01. The summed E-state index contributed by atoms with van der Waals surface area (Å²) < 4.78 is 20.4. The smallest absolute Gasteiger partial charge is 0.234 e. The molecule has 1 atom stereocenters. The molecule has 3 aromatic rings. The van der Waals surface area contributed by atoms with Gasteiger partial charge in [0.2, 0.25) is 17.7 Å². The highest BCUT2D eigenvalue weighted by atomic mass is 19.1. The number of carbonyl (C=O) groups is 3. The second-order valence-corrected chi connectivity index (χ2v) is 9.35. The summed E-state index contributed by atoms with van der Waals surface area (Å²) >= 11 is 0. The number of piperidine rings is 1. The standard InChI is InChI=1S/C27H27FN4O4/c28-22-12-17(6-9-20(22)21-10-11-25(33)30-27(21)35)15-36-19-7-4-16(5-8-19)13-26(34)29-24-14-23(31-32-24)18-2-1-3-18/h4-9,12,14,18,21H,1-3,10-11,13,15H2,(H,30,33,35)(H2,29,31,32,34). The van der Waals surface area contributed by atoms with Crippen LogP contribution in [0.25, 0.3) is 0 Å². The van der Waals surface area contributed by atoms with Crippen molar-refractivity contribution in [3.05, 3.63) is 76.7 Å². The van der Waals surface area contributed by atoms with Crippen LogP contribution in [-0.2, 0) is 27.4 Å². The van der Waals surface area contributed by atoms with Crippen molar-refractivity contribution < 1.29 is 23.5 Å². The number of H-pyrrole nitrogens is 1. The number of rotatable bonds is 8. The highest BCUT2D eigenvalue weighted by Crippen LogP contribution is 2.35. The number of benzene rings is 2. The molecule has 3 amide bonds. The van der Waals surface area contributed by atoms with Gasteiger partial charge in [-0.25, -0.2) is 4.39 Å². The molecule has 0 radical (unpaired) electrons. The Balaban J connectivity index is 1.12. The number of imide groups is 1. The molecule has 0 bridgehead atoms. The van der Waals surface area contributed by atoms with Gasteiger partial charge in [-0.2, -0.15) is 5.10 Å². The zero-order chi connectivity index (χ0) is 25.1. The van der Waals surface area contributed by atoms with E-state index >= 15 is 0 Å². The van der Waals surface area contributed by atoms with Crippen molar-refractivity contribution in [1.29, 1.82) is 0 Å². The molecule has 3 N–H and O–H groups in total. The number of carbonyl (C=O) groups excluding carboxylic acids is 3. The van der Waals surface area contributed by atoms with E-state index in [1.54, 1.807) is 24.3 Å².